The van der Waals surface area contributed by atoms with Crippen molar-refractivity contribution in [2.75, 3.05) is 59.5 Å². The largest absolute Gasteiger partial charge is 0.379 e. The van der Waals surface area contributed by atoms with Gasteiger partial charge in [0, 0.05) is 39.3 Å². The van der Waals surface area contributed by atoms with Gasteiger partial charge in [-0.15, -0.1) is 0 Å². The van der Waals surface area contributed by atoms with Gasteiger partial charge in [-0.2, -0.15) is 0 Å². The van der Waals surface area contributed by atoms with Crippen molar-refractivity contribution in [3.8, 4) is 0 Å². The fourth-order valence-electron chi connectivity index (χ4n) is 2.88. The topological polar surface area (TPSA) is 36.5 Å². The molecule has 100 valence electrons. The van der Waals surface area contributed by atoms with Crippen LogP contribution in [0.1, 0.15) is 19.3 Å². The molecular weight excluding hydrogens is 214 g/mol. The molecule has 0 bridgehead atoms. The zero-order valence-electron chi connectivity index (χ0n) is 11.1. The lowest BCUT2D eigenvalue weighted by Crippen LogP contribution is -2.48. The smallest absolute Gasteiger partial charge is 0.0594 e. The molecule has 2 rings (SSSR count). The number of morpholine rings is 1. The van der Waals surface area contributed by atoms with Crippen LogP contribution in [0.5, 0.6) is 0 Å². The molecule has 0 amide bonds. The van der Waals surface area contributed by atoms with E-state index in [2.05, 4.69) is 22.6 Å². The van der Waals surface area contributed by atoms with Crippen LogP contribution < -0.4 is 10.6 Å². The van der Waals surface area contributed by atoms with Crippen molar-refractivity contribution in [1.82, 2.24) is 15.5 Å². The van der Waals surface area contributed by atoms with Gasteiger partial charge in [0.2, 0.25) is 0 Å². The summed E-state index contributed by atoms with van der Waals surface area (Å²) >= 11 is 0. The van der Waals surface area contributed by atoms with Gasteiger partial charge in [0.15, 0.2) is 0 Å². The zero-order valence-corrected chi connectivity index (χ0v) is 11.1. The van der Waals surface area contributed by atoms with E-state index in [0.29, 0.717) is 5.41 Å². The molecule has 1 saturated carbocycles. The predicted octanol–water partition coefficient (Wildman–Crippen LogP) is 0.298. The van der Waals surface area contributed by atoms with Crippen LogP contribution in [0.2, 0.25) is 0 Å². The van der Waals surface area contributed by atoms with Crippen molar-refractivity contribution in [3.63, 3.8) is 0 Å². The maximum Gasteiger partial charge on any atom is 0.0594 e. The molecule has 4 heteroatoms. The van der Waals surface area contributed by atoms with Gasteiger partial charge in [0.1, 0.15) is 0 Å². The van der Waals surface area contributed by atoms with Crippen molar-refractivity contribution in [3.05, 3.63) is 0 Å². The standard InChI is InChI=1S/C13H27N3O/c1-14-11-13(3-2-4-13)12-15-5-6-16-7-9-17-10-8-16/h14-15H,2-12H2,1H3. The summed E-state index contributed by atoms with van der Waals surface area (Å²) in [6, 6.07) is 0. The Morgan fingerprint density at radius 2 is 1.94 bits per heavy atom. The molecule has 4 nitrogen and oxygen atoms in total. The number of nitrogens with one attached hydrogen (secondary N) is 2. The maximum absolute atomic E-state index is 5.35. The number of ether oxygens (including phenoxy) is 1. The molecule has 0 aromatic rings. The van der Waals surface area contributed by atoms with Crippen LogP contribution in [0.25, 0.3) is 0 Å². The van der Waals surface area contributed by atoms with Crippen molar-refractivity contribution >= 4 is 0 Å². The maximum atomic E-state index is 5.35. The van der Waals surface area contributed by atoms with Crippen LogP contribution in [0, 0.1) is 5.41 Å². The highest BCUT2D eigenvalue weighted by atomic mass is 16.5. The molecule has 2 aliphatic rings. The van der Waals surface area contributed by atoms with Gasteiger partial charge in [-0.3, -0.25) is 4.90 Å². The molecular formula is C13H27N3O. The normalized spacial score (nSPS) is 24.5. The van der Waals surface area contributed by atoms with Crippen LogP contribution in [0.3, 0.4) is 0 Å². The quantitative estimate of drug-likeness (QED) is 0.629. The first kappa shape index (κ1) is 13.3. The highest BCUT2D eigenvalue weighted by molar-refractivity contribution is 4.91. The van der Waals surface area contributed by atoms with Gasteiger partial charge in [-0.25, -0.2) is 0 Å². The molecule has 1 heterocycles. The van der Waals surface area contributed by atoms with E-state index in [9.17, 15) is 0 Å². The van der Waals surface area contributed by atoms with E-state index >= 15 is 0 Å². The van der Waals surface area contributed by atoms with E-state index in [4.69, 9.17) is 4.74 Å². The molecule has 0 aromatic heterocycles. The van der Waals surface area contributed by atoms with E-state index in [1.54, 1.807) is 0 Å². The van der Waals surface area contributed by atoms with Crippen LogP contribution in [-0.4, -0.2) is 64.4 Å². The van der Waals surface area contributed by atoms with Gasteiger partial charge >= 0.3 is 0 Å². The second kappa shape index (κ2) is 6.69. The molecule has 1 aliphatic heterocycles. The average Bonchev–Trinajstić information content (AvgIpc) is 2.32. The molecule has 1 aliphatic carbocycles. The Balaban J connectivity index is 1.55. The van der Waals surface area contributed by atoms with E-state index in [0.717, 1.165) is 39.4 Å². The Bertz CT molecular complexity index is 213. The third kappa shape index (κ3) is 3.91. The summed E-state index contributed by atoms with van der Waals surface area (Å²) in [5.74, 6) is 0. The third-order valence-electron chi connectivity index (χ3n) is 4.17. The summed E-state index contributed by atoms with van der Waals surface area (Å²) in [7, 11) is 2.06. The number of rotatable bonds is 7. The molecule has 0 unspecified atom stereocenters. The van der Waals surface area contributed by atoms with E-state index in [1.165, 1.54) is 32.4 Å². The van der Waals surface area contributed by atoms with Crippen LogP contribution in [-0.2, 0) is 4.74 Å². The Hall–Kier alpha value is -0.160. The van der Waals surface area contributed by atoms with Crippen molar-refractivity contribution < 1.29 is 4.74 Å². The van der Waals surface area contributed by atoms with Gasteiger partial charge < -0.3 is 15.4 Å². The number of hydrogen-bond donors (Lipinski definition) is 2. The molecule has 17 heavy (non-hydrogen) atoms. The summed E-state index contributed by atoms with van der Waals surface area (Å²) in [4.78, 5) is 2.49. The van der Waals surface area contributed by atoms with E-state index in [1.807, 2.05) is 0 Å². The van der Waals surface area contributed by atoms with Gasteiger partial charge in [0.05, 0.1) is 13.2 Å². The first-order chi connectivity index (χ1) is 8.35. The fraction of sp³-hybridized carbons (Fsp3) is 1.00. The zero-order chi connectivity index (χ0) is 12.0. The fourth-order valence-corrected chi connectivity index (χ4v) is 2.88. The number of nitrogens with zero attached hydrogens (tertiary/aromatic N) is 1. The first-order valence-electron chi connectivity index (χ1n) is 7.00. The van der Waals surface area contributed by atoms with Gasteiger partial charge in [-0.1, -0.05) is 6.42 Å². The lowest BCUT2D eigenvalue weighted by molar-refractivity contribution is 0.0375. The van der Waals surface area contributed by atoms with Gasteiger partial charge in [-0.05, 0) is 25.3 Å². The molecule has 0 radical (unpaired) electrons. The van der Waals surface area contributed by atoms with E-state index in [-0.39, 0.29) is 0 Å². The SMILES string of the molecule is CNCC1(CNCCN2CCOCC2)CCC1. The Labute approximate surface area is 105 Å². The summed E-state index contributed by atoms with van der Waals surface area (Å²) in [5, 5.41) is 6.97. The Morgan fingerprint density at radius 1 is 1.18 bits per heavy atom. The highest BCUT2D eigenvalue weighted by Gasteiger charge is 2.35. The number of hydrogen-bond acceptors (Lipinski definition) is 4. The molecule has 1 saturated heterocycles. The minimum absolute atomic E-state index is 0.555. The monoisotopic (exact) mass is 241 g/mol. The Morgan fingerprint density at radius 3 is 2.53 bits per heavy atom. The molecule has 0 spiro atoms. The van der Waals surface area contributed by atoms with E-state index < -0.39 is 0 Å². The van der Waals surface area contributed by atoms with Crippen LogP contribution in [0.15, 0.2) is 0 Å². The average molecular weight is 241 g/mol. The second-order valence-corrected chi connectivity index (χ2v) is 5.51. The summed E-state index contributed by atoms with van der Waals surface area (Å²) < 4.78 is 5.35. The molecule has 0 aromatic carbocycles. The van der Waals surface area contributed by atoms with Crippen LogP contribution in [0.4, 0.5) is 0 Å². The second-order valence-electron chi connectivity index (χ2n) is 5.51. The summed E-state index contributed by atoms with van der Waals surface area (Å²) in [6.07, 6.45) is 4.18. The summed E-state index contributed by atoms with van der Waals surface area (Å²) in [6.45, 7) is 8.64. The first-order valence-corrected chi connectivity index (χ1v) is 7.00. The minimum atomic E-state index is 0.555. The lowest BCUT2D eigenvalue weighted by atomic mass is 9.68. The Kier molecular flexibility index (Phi) is 5.22. The molecule has 0 atom stereocenters. The summed E-state index contributed by atoms with van der Waals surface area (Å²) in [5.41, 5.74) is 0.555. The van der Waals surface area contributed by atoms with Crippen molar-refractivity contribution in [2.45, 2.75) is 19.3 Å². The van der Waals surface area contributed by atoms with Crippen LogP contribution >= 0.6 is 0 Å². The van der Waals surface area contributed by atoms with Gasteiger partial charge in [0.25, 0.3) is 0 Å². The minimum Gasteiger partial charge on any atom is -0.379 e. The lowest BCUT2D eigenvalue weighted by Gasteiger charge is -2.42. The highest BCUT2D eigenvalue weighted by Crippen LogP contribution is 2.39. The van der Waals surface area contributed by atoms with Crippen molar-refractivity contribution in [2.24, 2.45) is 5.41 Å². The molecule has 2 fully saturated rings. The molecule has 2 N–H and O–H groups in total. The third-order valence-corrected chi connectivity index (χ3v) is 4.17. The predicted molar refractivity (Wildman–Crippen MR) is 70.3 cm³/mol. The van der Waals surface area contributed by atoms with Crippen molar-refractivity contribution in [1.29, 1.82) is 0 Å².